The fourth-order valence-corrected chi connectivity index (χ4v) is 6.40. The normalized spacial score (nSPS) is 12.9. The lowest BCUT2D eigenvalue weighted by Gasteiger charge is -2.18. The summed E-state index contributed by atoms with van der Waals surface area (Å²) in [6.07, 6.45) is 76.9. The predicted octanol–water partition coefficient (Wildman–Crippen LogP) is 17.6. The van der Waals surface area contributed by atoms with Gasteiger partial charge in [0.2, 0.25) is 0 Å². The molecule has 0 unspecified atom stereocenters. The van der Waals surface area contributed by atoms with Crippen LogP contribution in [0.2, 0.25) is 0 Å². The molecule has 0 atom stereocenters. The van der Waals surface area contributed by atoms with Gasteiger partial charge in [-0.3, -0.25) is 14.4 Å². The van der Waals surface area contributed by atoms with Crippen LogP contribution in [0.15, 0.2) is 146 Å². The van der Waals surface area contributed by atoms with E-state index < -0.39 is 6.10 Å². The minimum Gasteiger partial charge on any atom is -0.462 e. The van der Waals surface area contributed by atoms with E-state index in [0.29, 0.717) is 19.3 Å². The summed E-state index contributed by atoms with van der Waals surface area (Å²) in [6, 6.07) is 0. The highest BCUT2D eigenvalue weighted by Crippen LogP contribution is 2.11. The zero-order valence-corrected chi connectivity index (χ0v) is 42.6. The van der Waals surface area contributed by atoms with Gasteiger partial charge in [-0.1, -0.05) is 186 Å². The fourth-order valence-electron chi connectivity index (χ4n) is 6.40. The predicted molar refractivity (Wildman–Crippen MR) is 288 cm³/mol. The van der Waals surface area contributed by atoms with Crippen LogP contribution in [0.1, 0.15) is 201 Å². The Morgan fingerprint density at radius 2 is 0.582 bits per heavy atom. The number of hydrogen-bond donors (Lipinski definition) is 0. The molecule has 0 aliphatic heterocycles. The van der Waals surface area contributed by atoms with Crippen molar-refractivity contribution in [1.29, 1.82) is 0 Å². The molecule has 374 valence electrons. The van der Waals surface area contributed by atoms with E-state index in [2.05, 4.69) is 167 Å². The fraction of sp³-hybridized carbons (Fsp3) is 0.557. The highest BCUT2D eigenvalue weighted by atomic mass is 16.6. The summed E-state index contributed by atoms with van der Waals surface area (Å²) in [7, 11) is 0. The molecule has 0 fully saturated rings. The number of hydrogen-bond acceptors (Lipinski definition) is 6. The highest BCUT2D eigenvalue weighted by Gasteiger charge is 2.19. The molecule has 0 amide bonds. The van der Waals surface area contributed by atoms with Crippen LogP contribution in [-0.4, -0.2) is 37.2 Å². The number of esters is 3. The third kappa shape index (κ3) is 52.1. The van der Waals surface area contributed by atoms with Crippen molar-refractivity contribution in [2.75, 3.05) is 13.2 Å². The van der Waals surface area contributed by atoms with Gasteiger partial charge in [-0.15, -0.1) is 0 Å². The van der Waals surface area contributed by atoms with Crippen LogP contribution >= 0.6 is 0 Å². The zero-order valence-electron chi connectivity index (χ0n) is 42.6. The van der Waals surface area contributed by atoms with Crippen LogP contribution in [0.4, 0.5) is 0 Å². The molecule has 0 heterocycles. The first-order chi connectivity index (χ1) is 33.0. The van der Waals surface area contributed by atoms with Gasteiger partial charge < -0.3 is 14.2 Å². The van der Waals surface area contributed by atoms with E-state index in [0.717, 1.165) is 116 Å². The van der Waals surface area contributed by atoms with Gasteiger partial charge in [0.15, 0.2) is 6.10 Å². The van der Waals surface area contributed by atoms with E-state index in [1.165, 1.54) is 25.7 Å². The van der Waals surface area contributed by atoms with E-state index in [1.54, 1.807) is 0 Å². The Morgan fingerprint density at radius 3 is 0.910 bits per heavy atom. The first-order valence-corrected chi connectivity index (χ1v) is 26.3. The molecule has 0 spiro atoms. The first-order valence-electron chi connectivity index (χ1n) is 26.3. The lowest BCUT2D eigenvalue weighted by Crippen LogP contribution is -2.30. The van der Waals surface area contributed by atoms with Crippen LogP contribution in [-0.2, 0) is 28.6 Å². The van der Waals surface area contributed by atoms with E-state index in [4.69, 9.17) is 14.2 Å². The second-order valence-electron chi connectivity index (χ2n) is 16.7. The molecule has 67 heavy (non-hydrogen) atoms. The summed E-state index contributed by atoms with van der Waals surface area (Å²) >= 11 is 0. The van der Waals surface area contributed by atoms with E-state index in [9.17, 15) is 14.4 Å². The number of unbranched alkanes of at least 4 members (excludes halogenated alkanes) is 10. The van der Waals surface area contributed by atoms with Gasteiger partial charge in [0, 0.05) is 19.3 Å². The molecule has 6 nitrogen and oxygen atoms in total. The van der Waals surface area contributed by atoms with Crippen LogP contribution in [0.3, 0.4) is 0 Å². The molecule has 0 aromatic heterocycles. The van der Waals surface area contributed by atoms with Crippen molar-refractivity contribution in [3.8, 4) is 0 Å². The summed E-state index contributed by atoms with van der Waals surface area (Å²) in [6.45, 7) is 6.25. The average molecular weight is 923 g/mol. The van der Waals surface area contributed by atoms with Crippen molar-refractivity contribution in [2.45, 2.75) is 207 Å². The molecule has 0 saturated carbocycles. The third-order valence-electron chi connectivity index (χ3n) is 10.3. The molecule has 0 saturated heterocycles. The second-order valence-corrected chi connectivity index (χ2v) is 16.7. The number of carbonyl (C=O) groups is 3. The van der Waals surface area contributed by atoms with Gasteiger partial charge in [-0.2, -0.15) is 0 Å². The summed E-state index contributed by atoms with van der Waals surface area (Å²) in [5.74, 6) is -1.05. The molecule has 0 bridgehead atoms. The largest absolute Gasteiger partial charge is 0.462 e. The van der Waals surface area contributed by atoms with Gasteiger partial charge in [-0.25, -0.2) is 0 Å². The monoisotopic (exact) mass is 923 g/mol. The molecular weight excluding hydrogens is 829 g/mol. The SMILES string of the molecule is CC/C=C\C/C=C\C/C=C\C/C=C\CCCCC(=O)OCC(COC(=O)CCCC/C=C\C/C=C\C/C=C\C/C=C\CC)OC(=O)CCCCC/C=C\C/C=C\C/C=C\C/C=C\CCCCC. The quantitative estimate of drug-likeness (QED) is 0.0262. The molecule has 0 radical (unpaired) electrons. The van der Waals surface area contributed by atoms with Gasteiger partial charge in [0.05, 0.1) is 0 Å². The smallest absolute Gasteiger partial charge is 0.306 e. The number of allylic oxidation sites excluding steroid dienone is 24. The van der Waals surface area contributed by atoms with Gasteiger partial charge in [0.25, 0.3) is 0 Å². The summed E-state index contributed by atoms with van der Waals surface area (Å²) in [5.41, 5.74) is 0. The highest BCUT2D eigenvalue weighted by molar-refractivity contribution is 5.71. The van der Waals surface area contributed by atoms with Crippen molar-refractivity contribution in [1.82, 2.24) is 0 Å². The molecular formula is C61H94O6. The number of rotatable bonds is 45. The standard InChI is InChI=1S/C61H94O6/c1-4-7-10-13-16-19-22-25-28-29-30-31-34-37-40-43-46-49-52-55-61(64)67-58(56-65-59(62)53-50-47-44-41-38-35-32-26-23-20-17-14-11-8-5-2)57-66-60(63)54-51-48-45-42-39-36-33-27-24-21-18-15-12-9-6-3/h8-9,11-12,16-21,25-28,30-33,37-42,58H,4-7,10,13-15,22-24,29,34-36,43-57H2,1-3H3/b11-8-,12-9-,19-16-,20-17-,21-18-,28-25-,31-30-,32-26-,33-27-,40-37-,41-38-,42-39-. The van der Waals surface area contributed by atoms with Crippen molar-refractivity contribution in [3.63, 3.8) is 0 Å². The Kier molecular flexibility index (Phi) is 50.1. The average Bonchev–Trinajstić information content (AvgIpc) is 3.33. The Morgan fingerprint density at radius 1 is 0.313 bits per heavy atom. The summed E-state index contributed by atoms with van der Waals surface area (Å²) in [4.78, 5) is 38.0. The van der Waals surface area contributed by atoms with E-state index >= 15 is 0 Å². The second kappa shape index (κ2) is 53.9. The van der Waals surface area contributed by atoms with Crippen LogP contribution in [0.5, 0.6) is 0 Å². The molecule has 0 aliphatic carbocycles. The third-order valence-corrected chi connectivity index (χ3v) is 10.3. The minimum absolute atomic E-state index is 0.132. The molecule has 0 aliphatic rings. The van der Waals surface area contributed by atoms with E-state index in [-0.39, 0.29) is 50.4 Å². The molecule has 0 rings (SSSR count). The summed E-state index contributed by atoms with van der Waals surface area (Å²) in [5, 5.41) is 0. The molecule has 6 heteroatoms. The first kappa shape index (κ1) is 62.3. The minimum atomic E-state index is -0.835. The molecule has 0 aromatic carbocycles. The Labute approximate surface area is 410 Å². The lowest BCUT2D eigenvalue weighted by atomic mass is 10.1. The van der Waals surface area contributed by atoms with Gasteiger partial charge in [-0.05, 0) is 141 Å². The lowest BCUT2D eigenvalue weighted by molar-refractivity contribution is -0.167. The maximum atomic E-state index is 12.8. The zero-order chi connectivity index (χ0) is 48.6. The number of ether oxygens (including phenoxy) is 3. The maximum Gasteiger partial charge on any atom is 0.306 e. The van der Waals surface area contributed by atoms with Gasteiger partial charge in [0.1, 0.15) is 13.2 Å². The molecule has 0 aromatic rings. The summed E-state index contributed by atoms with van der Waals surface area (Å²) < 4.78 is 16.7. The van der Waals surface area contributed by atoms with Crippen molar-refractivity contribution >= 4 is 17.9 Å². The van der Waals surface area contributed by atoms with Crippen molar-refractivity contribution in [2.24, 2.45) is 0 Å². The maximum absolute atomic E-state index is 12.8. The topological polar surface area (TPSA) is 78.9 Å². The van der Waals surface area contributed by atoms with Gasteiger partial charge >= 0.3 is 17.9 Å². The van der Waals surface area contributed by atoms with Crippen molar-refractivity contribution in [3.05, 3.63) is 146 Å². The van der Waals surface area contributed by atoms with Crippen LogP contribution < -0.4 is 0 Å². The Hall–Kier alpha value is -4.71. The number of carbonyl (C=O) groups excluding carboxylic acids is 3. The Bertz CT molecular complexity index is 1450. The van der Waals surface area contributed by atoms with E-state index in [1.807, 2.05) is 0 Å². The van der Waals surface area contributed by atoms with Crippen LogP contribution in [0.25, 0.3) is 0 Å². The van der Waals surface area contributed by atoms with Crippen LogP contribution in [0, 0.1) is 0 Å². The Balaban J connectivity index is 4.61. The van der Waals surface area contributed by atoms with Crippen molar-refractivity contribution < 1.29 is 28.6 Å². The molecule has 0 N–H and O–H groups in total.